The number of rotatable bonds is 4. The molecule has 0 bridgehead atoms. The molecule has 4 rings (SSSR count). The van der Waals surface area contributed by atoms with Gasteiger partial charge >= 0.3 is 0 Å². The maximum Gasteiger partial charge on any atom is 0.272 e. The molecule has 1 N–H and O–H groups in total. The molecule has 2 aliphatic heterocycles. The first-order valence-electron chi connectivity index (χ1n) is 11.2. The molecule has 0 saturated carbocycles. The van der Waals surface area contributed by atoms with Crippen molar-refractivity contribution in [2.45, 2.75) is 32.0 Å². The normalized spacial score (nSPS) is 20.3. The van der Waals surface area contributed by atoms with Gasteiger partial charge in [-0.3, -0.25) is 14.6 Å². The molecule has 2 unspecified atom stereocenters. The van der Waals surface area contributed by atoms with Crippen molar-refractivity contribution < 1.29 is 27.8 Å². The first-order valence-corrected chi connectivity index (χ1v) is 11.2. The van der Waals surface area contributed by atoms with E-state index in [0.717, 1.165) is 32.0 Å². The topological polar surface area (TPSA) is 84.0 Å². The third-order valence-corrected chi connectivity index (χ3v) is 5.70. The number of carbonyl (C=O) groups is 2. The van der Waals surface area contributed by atoms with E-state index in [1.54, 1.807) is 23.2 Å². The highest BCUT2D eigenvalue weighted by Crippen LogP contribution is 2.21. The van der Waals surface area contributed by atoms with Crippen LogP contribution in [0.5, 0.6) is 5.75 Å². The highest BCUT2D eigenvalue weighted by Gasteiger charge is 2.28. The standard InChI is InChI=1S/C17H24N4O3.C7H6F2O/c1-12-3-4-15(24-12)16(22)19-13-5-6-18-14(11-13)17(23)21-9-7-20(2)8-10-21;1-10-6-4-2-3-5(8)7(6)9/h5-6,11-12,15H,3-4,7-10H2,1-2H3,(H,18,19,22);2-4H,1H3. The summed E-state index contributed by atoms with van der Waals surface area (Å²) in [6.45, 7) is 5.08. The van der Waals surface area contributed by atoms with E-state index >= 15 is 0 Å². The van der Waals surface area contributed by atoms with Gasteiger partial charge < -0.3 is 24.6 Å². The van der Waals surface area contributed by atoms with Crippen LogP contribution in [0, 0.1) is 11.6 Å². The molecule has 1 aromatic carbocycles. The maximum atomic E-state index is 12.6. The van der Waals surface area contributed by atoms with Crippen molar-refractivity contribution in [3.8, 4) is 5.75 Å². The number of halogens is 2. The molecule has 2 aliphatic rings. The number of amides is 2. The first-order chi connectivity index (χ1) is 16.3. The van der Waals surface area contributed by atoms with Crippen LogP contribution in [0.2, 0.25) is 0 Å². The zero-order valence-electron chi connectivity index (χ0n) is 19.6. The summed E-state index contributed by atoms with van der Waals surface area (Å²) < 4.78 is 34.9. The van der Waals surface area contributed by atoms with Crippen LogP contribution in [-0.2, 0) is 9.53 Å². The minimum Gasteiger partial charge on any atom is -0.494 e. The van der Waals surface area contributed by atoms with Crippen molar-refractivity contribution in [3.05, 3.63) is 53.9 Å². The molecule has 184 valence electrons. The summed E-state index contributed by atoms with van der Waals surface area (Å²) in [7, 11) is 3.33. The van der Waals surface area contributed by atoms with E-state index in [4.69, 9.17) is 4.74 Å². The van der Waals surface area contributed by atoms with Crippen LogP contribution in [0.1, 0.15) is 30.3 Å². The predicted octanol–water partition coefficient (Wildman–Crippen LogP) is 2.95. The number of ether oxygens (including phenoxy) is 2. The van der Waals surface area contributed by atoms with Gasteiger partial charge in [0, 0.05) is 38.1 Å². The van der Waals surface area contributed by atoms with Crippen LogP contribution in [0.15, 0.2) is 36.5 Å². The van der Waals surface area contributed by atoms with Gasteiger partial charge in [-0.25, -0.2) is 4.39 Å². The molecule has 34 heavy (non-hydrogen) atoms. The summed E-state index contributed by atoms with van der Waals surface area (Å²) in [6.07, 6.45) is 2.88. The molecule has 2 atom stereocenters. The van der Waals surface area contributed by atoms with E-state index < -0.39 is 17.7 Å². The largest absolute Gasteiger partial charge is 0.494 e. The summed E-state index contributed by atoms with van der Waals surface area (Å²) in [4.78, 5) is 32.9. The van der Waals surface area contributed by atoms with Crippen molar-refractivity contribution in [1.29, 1.82) is 0 Å². The zero-order chi connectivity index (χ0) is 24.7. The Balaban J connectivity index is 0.000000271. The van der Waals surface area contributed by atoms with Crippen molar-refractivity contribution >= 4 is 17.5 Å². The quantitative estimate of drug-likeness (QED) is 0.731. The number of nitrogens with one attached hydrogen (secondary N) is 1. The van der Waals surface area contributed by atoms with E-state index in [1.807, 2.05) is 14.0 Å². The molecular formula is C24H30F2N4O4. The van der Waals surface area contributed by atoms with Gasteiger partial charge in [0.15, 0.2) is 11.6 Å². The van der Waals surface area contributed by atoms with Gasteiger partial charge in [-0.1, -0.05) is 6.07 Å². The Morgan fingerprint density at radius 3 is 2.50 bits per heavy atom. The van der Waals surface area contributed by atoms with Crippen molar-refractivity contribution in [3.63, 3.8) is 0 Å². The molecule has 0 spiro atoms. The Morgan fingerprint density at radius 2 is 1.88 bits per heavy atom. The van der Waals surface area contributed by atoms with Crippen LogP contribution in [0.25, 0.3) is 0 Å². The number of benzene rings is 1. The Hall–Kier alpha value is -3.11. The van der Waals surface area contributed by atoms with Crippen LogP contribution in [0.4, 0.5) is 14.5 Å². The lowest BCUT2D eigenvalue weighted by atomic mass is 10.2. The molecule has 0 radical (unpaired) electrons. The lowest BCUT2D eigenvalue weighted by Crippen LogP contribution is -2.47. The maximum absolute atomic E-state index is 12.6. The van der Waals surface area contributed by atoms with Crippen molar-refractivity contribution in [2.24, 2.45) is 0 Å². The average molecular weight is 477 g/mol. The van der Waals surface area contributed by atoms with E-state index in [1.165, 1.54) is 19.2 Å². The number of aromatic nitrogens is 1. The molecule has 3 heterocycles. The van der Waals surface area contributed by atoms with E-state index in [0.29, 0.717) is 24.5 Å². The number of piperazine rings is 1. The Kier molecular flexibility index (Phi) is 8.89. The number of methoxy groups -OCH3 is 1. The molecule has 0 aliphatic carbocycles. The summed E-state index contributed by atoms with van der Waals surface area (Å²) in [5.41, 5.74) is 0.939. The summed E-state index contributed by atoms with van der Waals surface area (Å²) in [5, 5.41) is 2.83. The SMILES string of the molecule is CC1CCC(C(=O)Nc2ccnc(C(=O)N3CCN(C)CC3)c2)O1.COc1cccc(F)c1F. The summed E-state index contributed by atoms with van der Waals surface area (Å²) in [5.74, 6) is -2.15. The Labute approximate surface area is 197 Å². The molecular weight excluding hydrogens is 446 g/mol. The number of likely N-dealkylation sites (N-methyl/N-ethyl adjacent to an activating group) is 1. The van der Waals surface area contributed by atoms with Crippen LogP contribution in [0.3, 0.4) is 0 Å². The van der Waals surface area contributed by atoms with Gasteiger partial charge in [-0.05, 0) is 51.1 Å². The minimum absolute atomic E-state index is 0.0694. The fourth-order valence-electron chi connectivity index (χ4n) is 3.66. The van der Waals surface area contributed by atoms with E-state index in [-0.39, 0.29) is 23.7 Å². The van der Waals surface area contributed by atoms with Crippen molar-refractivity contribution in [1.82, 2.24) is 14.8 Å². The second kappa shape index (κ2) is 11.8. The number of nitrogens with zero attached hydrogens (tertiary/aromatic N) is 3. The number of pyridine rings is 1. The van der Waals surface area contributed by atoms with E-state index in [2.05, 4.69) is 19.9 Å². The predicted molar refractivity (Wildman–Crippen MR) is 123 cm³/mol. The molecule has 2 amide bonds. The number of hydrogen-bond donors (Lipinski definition) is 1. The number of hydrogen-bond acceptors (Lipinski definition) is 6. The lowest BCUT2D eigenvalue weighted by molar-refractivity contribution is -0.126. The summed E-state index contributed by atoms with van der Waals surface area (Å²) >= 11 is 0. The van der Waals surface area contributed by atoms with Gasteiger partial charge in [0.25, 0.3) is 11.8 Å². The highest BCUT2D eigenvalue weighted by molar-refractivity contribution is 5.97. The third-order valence-electron chi connectivity index (χ3n) is 5.70. The lowest BCUT2D eigenvalue weighted by Gasteiger charge is -2.32. The van der Waals surface area contributed by atoms with Gasteiger partial charge in [0.05, 0.1) is 13.2 Å². The van der Waals surface area contributed by atoms with E-state index in [9.17, 15) is 18.4 Å². The molecule has 2 fully saturated rings. The van der Waals surface area contributed by atoms with Crippen LogP contribution in [-0.4, -0.2) is 79.1 Å². The van der Waals surface area contributed by atoms with Gasteiger partial charge in [0.1, 0.15) is 11.8 Å². The fourth-order valence-corrected chi connectivity index (χ4v) is 3.66. The third kappa shape index (κ3) is 6.71. The van der Waals surface area contributed by atoms with Gasteiger partial charge in [0.2, 0.25) is 5.82 Å². The summed E-state index contributed by atoms with van der Waals surface area (Å²) in [6, 6.07) is 7.11. The second-order valence-electron chi connectivity index (χ2n) is 8.28. The Morgan fingerprint density at radius 1 is 1.15 bits per heavy atom. The van der Waals surface area contributed by atoms with Crippen molar-refractivity contribution in [2.75, 3.05) is 45.7 Å². The average Bonchev–Trinajstić information content (AvgIpc) is 3.28. The monoisotopic (exact) mass is 476 g/mol. The Bertz CT molecular complexity index is 999. The molecule has 2 saturated heterocycles. The van der Waals surface area contributed by atoms with Gasteiger partial charge in [-0.15, -0.1) is 0 Å². The number of anilines is 1. The zero-order valence-corrected chi connectivity index (χ0v) is 19.6. The van der Waals surface area contributed by atoms with Crippen LogP contribution < -0.4 is 10.1 Å². The molecule has 1 aromatic heterocycles. The first kappa shape index (κ1) is 25.5. The molecule has 2 aromatic rings. The highest BCUT2D eigenvalue weighted by atomic mass is 19.2. The molecule has 10 heteroatoms. The second-order valence-corrected chi connectivity index (χ2v) is 8.28. The minimum atomic E-state index is -0.940. The van der Waals surface area contributed by atoms with Gasteiger partial charge in [-0.2, -0.15) is 4.39 Å². The number of carbonyl (C=O) groups excluding carboxylic acids is 2. The fraction of sp³-hybridized carbons (Fsp3) is 0.458. The molecule has 8 nitrogen and oxygen atoms in total. The van der Waals surface area contributed by atoms with Crippen LogP contribution >= 0.6 is 0 Å². The smallest absolute Gasteiger partial charge is 0.272 e.